The number of aromatic nitrogens is 6. The molecule has 0 aliphatic heterocycles. The van der Waals surface area contributed by atoms with Crippen LogP contribution in [-0.4, -0.2) is 37.2 Å². The molecule has 2 N–H and O–H groups in total. The lowest BCUT2D eigenvalue weighted by Crippen LogP contribution is -1.87. The molecule has 0 spiro atoms. The van der Waals surface area contributed by atoms with Gasteiger partial charge in [0.15, 0.2) is 5.65 Å². The zero-order valence-electron chi connectivity index (χ0n) is 17.2. The van der Waals surface area contributed by atoms with Crippen molar-refractivity contribution in [2.75, 3.05) is 7.11 Å². The molecule has 7 nitrogen and oxygen atoms in total. The number of rotatable bonds is 4. The van der Waals surface area contributed by atoms with Gasteiger partial charge in [-0.25, -0.2) is 4.98 Å². The highest BCUT2D eigenvalue weighted by Gasteiger charge is 2.15. The summed E-state index contributed by atoms with van der Waals surface area (Å²) in [7, 11) is 1.63. The van der Waals surface area contributed by atoms with Crippen molar-refractivity contribution in [3.8, 4) is 39.4 Å². The quantitative estimate of drug-likeness (QED) is 0.408. The first-order valence-electron chi connectivity index (χ1n) is 10.2. The van der Waals surface area contributed by atoms with Crippen LogP contribution in [0.1, 0.15) is 0 Å². The zero-order valence-corrected chi connectivity index (χ0v) is 17.2. The maximum absolute atomic E-state index is 5.31. The molecule has 0 saturated heterocycles. The first-order valence-corrected chi connectivity index (χ1v) is 10.2. The molecule has 0 amide bonds. The van der Waals surface area contributed by atoms with Gasteiger partial charge in [0.25, 0.3) is 0 Å². The number of H-pyrrole nitrogens is 2. The van der Waals surface area contributed by atoms with Crippen molar-refractivity contribution >= 4 is 21.9 Å². The standard InChI is InChI=1S/C25H18N6O/c1-32-18-9-16(12-27-14-18)17-10-21-24(30-31-25(21)28-13-17)23-11-20-19(3-2-4-22(20)29-23)15-5-7-26-8-6-15/h2-14,29H,1H3,(H,28,30,31). The van der Waals surface area contributed by atoms with Crippen LogP contribution >= 0.6 is 0 Å². The summed E-state index contributed by atoms with van der Waals surface area (Å²) in [4.78, 5) is 16.5. The number of nitrogens with zero attached hydrogens (tertiary/aromatic N) is 4. The van der Waals surface area contributed by atoms with Gasteiger partial charge in [0.05, 0.1) is 19.0 Å². The molecule has 32 heavy (non-hydrogen) atoms. The summed E-state index contributed by atoms with van der Waals surface area (Å²) in [5, 5.41) is 9.67. The van der Waals surface area contributed by atoms with Crippen LogP contribution in [0.15, 0.2) is 79.5 Å². The van der Waals surface area contributed by atoms with Crippen molar-refractivity contribution in [3.05, 3.63) is 79.5 Å². The minimum Gasteiger partial charge on any atom is -0.495 e. The molecular weight excluding hydrogens is 400 g/mol. The Morgan fingerprint density at radius 1 is 0.812 bits per heavy atom. The third kappa shape index (κ3) is 2.99. The van der Waals surface area contributed by atoms with Gasteiger partial charge in [0.1, 0.15) is 11.4 Å². The topological polar surface area (TPSA) is 92.4 Å². The normalized spacial score (nSPS) is 11.3. The Morgan fingerprint density at radius 3 is 2.56 bits per heavy atom. The van der Waals surface area contributed by atoms with E-state index in [1.807, 2.05) is 36.8 Å². The molecule has 0 atom stereocenters. The van der Waals surface area contributed by atoms with E-state index in [-0.39, 0.29) is 0 Å². The molecule has 1 aromatic carbocycles. The Bertz CT molecular complexity index is 1570. The molecule has 0 aliphatic rings. The van der Waals surface area contributed by atoms with E-state index in [9.17, 15) is 0 Å². The van der Waals surface area contributed by atoms with Crippen LogP contribution in [0.2, 0.25) is 0 Å². The Labute approximate surface area is 183 Å². The van der Waals surface area contributed by atoms with E-state index >= 15 is 0 Å². The third-order valence-corrected chi connectivity index (χ3v) is 5.61. The molecule has 0 saturated carbocycles. The second kappa shape index (κ2) is 7.31. The number of nitrogens with one attached hydrogen (secondary N) is 2. The molecule has 5 aromatic heterocycles. The van der Waals surface area contributed by atoms with Crippen LogP contribution in [0.25, 0.3) is 55.6 Å². The molecule has 0 aliphatic carbocycles. The van der Waals surface area contributed by atoms with E-state index in [0.29, 0.717) is 5.75 Å². The Balaban J connectivity index is 1.50. The number of fused-ring (bicyclic) bond motifs is 2. The van der Waals surface area contributed by atoms with E-state index in [1.54, 1.807) is 19.5 Å². The molecule has 0 unspecified atom stereocenters. The van der Waals surface area contributed by atoms with Crippen molar-refractivity contribution in [3.63, 3.8) is 0 Å². The van der Waals surface area contributed by atoms with Crippen LogP contribution < -0.4 is 4.74 Å². The average Bonchev–Trinajstić information content (AvgIpc) is 3.48. The summed E-state index contributed by atoms with van der Waals surface area (Å²) >= 11 is 0. The van der Waals surface area contributed by atoms with Gasteiger partial charge in [-0.3, -0.25) is 15.1 Å². The van der Waals surface area contributed by atoms with Crippen LogP contribution in [0, 0.1) is 0 Å². The van der Waals surface area contributed by atoms with E-state index < -0.39 is 0 Å². The highest BCUT2D eigenvalue weighted by atomic mass is 16.5. The molecule has 0 fully saturated rings. The predicted octanol–water partition coefficient (Wildman–Crippen LogP) is 5.24. The maximum atomic E-state index is 5.31. The summed E-state index contributed by atoms with van der Waals surface area (Å²) in [5.74, 6) is 0.703. The van der Waals surface area contributed by atoms with Crippen molar-refractivity contribution in [2.24, 2.45) is 0 Å². The molecular formula is C25H18N6O. The second-order valence-electron chi connectivity index (χ2n) is 7.49. The first kappa shape index (κ1) is 18.3. The summed E-state index contributed by atoms with van der Waals surface area (Å²) < 4.78 is 5.31. The average molecular weight is 418 g/mol. The molecule has 5 heterocycles. The van der Waals surface area contributed by atoms with E-state index in [4.69, 9.17) is 4.74 Å². The summed E-state index contributed by atoms with van der Waals surface area (Å²) in [6, 6.07) is 16.4. The Kier molecular flexibility index (Phi) is 4.18. The zero-order chi connectivity index (χ0) is 21.5. The number of methoxy groups -OCH3 is 1. The SMILES string of the molecule is COc1cncc(-c2cnc3[nH]nc(-c4cc5c(-c6ccncc6)cccc5[nH]4)c3c2)c1. The Morgan fingerprint density at radius 2 is 1.69 bits per heavy atom. The van der Waals surface area contributed by atoms with Crippen molar-refractivity contribution < 1.29 is 4.74 Å². The number of hydrogen-bond donors (Lipinski definition) is 2. The number of aromatic amines is 2. The largest absolute Gasteiger partial charge is 0.495 e. The number of hydrogen-bond acceptors (Lipinski definition) is 5. The maximum Gasteiger partial charge on any atom is 0.155 e. The van der Waals surface area contributed by atoms with Gasteiger partial charge in [-0.05, 0) is 47.5 Å². The van der Waals surface area contributed by atoms with Crippen LogP contribution in [0.3, 0.4) is 0 Å². The fourth-order valence-electron chi connectivity index (χ4n) is 4.02. The number of ether oxygens (including phenoxy) is 1. The van der Waals surface area contributed by atoms with Gasteiger partial charge < -0.3 is 9.72 Å². The van der Waals surface area contributed by atoms with Gasteiger partial charge in [-0.15, -0.1) is 0 Å². The van der Waals surface area contributed by atoms with Gasteiger partial charge >= 0.3 is 0 Å². The molecule has 0 bridgehead atoms. The Hall–Kier alpha value is -4.52. The van der Waals surface area contributed by atoms with Crippen LogP contribution in [0.5, 0.6) is 5.75 Å². The van der Waals surface area contributed by atoms with Crippen molar-refractivity contribution in [1.29, 1.82) is 0 Å². The highest BCUT2D eigenvalue weighted by Crippen LogP contribution is 2.34. The second-order valence-corrected chi connectivity index (χ2v) is 7.49. The smallest absolute Gasteiger partial charge is 0.155 e. The van der Waals surface area contributed by atoms with Gasteiger partial charge in [-0.2, -0.15) is 5.10 Å². The van der Waals surface area contributed by atoms with Crippen LogP contribution in [-0.2, 0) is 0 Å². The third-order valence-electron chi connectivity index (χ3n) is 5.61. The van der Waals surface area contributed by atoms with Gasteiger partial charge in [0, 0.05) is 52.2 Å². The van der Waals surface area contributed by atoms with E-state index in [2.05, 4.69) is 60.5 Å². The lowest BCUT2D eigenvalue weighted by molar-refractivity contribution is 0.413. The number of benzene rings is 1. The minimum absolute atomic E-state index is 0.703. The highest BCUT2D eigenvalue weighted by molar-refractivity contribution is 6.01. The van der Waals surface area contributed by atoms with Crippen LogP contribution in [0.4, 0.5) is 0 Å². The van der Waals surface area contributed by atoms with Crippen molar-refractivity contribution in [1.82, 2.24) is 30.1 Å². The lowest BCUT2D eigenvalue weighted by Gasteiger charge is -2.04. The molecule has 0 radical (unpaired) electrons. The fraction of sp³-hybridized carbons (Fsp3) is 0.0400. The molecule has 7 heteroatoms. The minimum atomic E-state index is 0.703. The van der Waals surface area contributed by atoms with E-state index in [1.165, 1.54) is 0 Å². The molecule has 6 rings (SSSR count). The fourth-order valence-corrected chi connectivity index (χ4v) is 4.02. The predicted molar refractivity (Wildman–Crippen MR) is 124 cm³/mol. The summed E-state index contributed by atoms with van der Waals surface area (Å²) in [5.41, 5.74) is 7.67. The lowest BCUT2D eigenvalue weighted by atomic mass is 10.0. The van der Waals surface area contributed by atoms with Gasteiger partial charge in [0.2, 0.25) is 0 Å². The summed E-state index contributed by atoms with van der Waals surface area (Å²) in [6.07, 6.45) is 8.92. The first-order chi connectivity index (χ1) is 15.8. The van der Waals surface area contributed by atoms with Gasteiger partial charge in [-0.1, -0.05) is 12.1 Å². The number of pyridine rings is 3. The molecule has 154 valence electrons. The van der Waals surface area contributed by atoms with E-state index in [0.717, 1.165) is 55.6 Å². The molecule has 6 aromatic rings. The summed E-state index contributed by atoms with van der Waals surface area (Å²) in [6.45, 7) is 0. The monoisotopic (exact) mass is 418 g/mol. The van der Waals surface area contributed by atoms with Crippen molar-refractivity contribution in [2.45, 2.75) is 0 Å².